The number of amides is 3. The quantitative estimate of drug-likeness (QED) is 0.494. The Bertz CT molecular complexity index is 801. The lowest BCUT2D eigenvalue weighted by Crippen LogP contribution is -2.31. The van der Waals surface area contributed by atoms with Gasteiger partial charge < -0.3 is 5.32 Å². The number of thioether (sulfide) groups is 1. The van der Waals surface area contributed by atoms with Crippen molar-refractivity contribution in [2.75, 3.05) is 12.3 Å². The highest BCUT2D eigenvalue weighted by Gasteiger charge is 2.35. The van der Waals surface area contributed by atoms with E-state index >= 15 is 0 Å². The molecule has 0 saturated carbocycles. The van der Waals surface area contributed by atoms with Crippen LogP contribution >= 0.6 is 11.8 Å². The van der Waals surface area contributed by atoms with Crippen molar-refractivity contribution >= 4 is 40.9 Å². The molecular weight excluding hydrogens is 340 g/mol. The Morgan fingerprint density at radius 2 is 2.00 bits per heavy atom. The lowest BCUT2D eigenvalue weighted by atomic mass is 10.1. The third-order valence-corrected chi connectivity index (χ3v) is 4.73. The number of hydrogen-bond donors (Lipinski definition) is 1. The molecule has 0 aromatic heterocycles. The van der Waals surface area contributed by atoms with Gasteiger partial charge in [0.2, 0.25) is 5.91 Å². The zero-order valence-corrected chi connectivity index (χ0v) is 14.8. The molecule has 3 amide bonds. The van der Waals surface area contributed by atoms with Crippen molar-refractivity contribution in [3.8, 4) is 0 Å². The van der Waals surface area contributed by atoms with Gasteiger partial charge in [0.25, 0.3) is 11.8 Å². The summed E-state index contributed by atoms with van der Waals surface area (Å²) in [4.78, 5) is 37.2. The molecule has 2 heterocycles. The fraction of sp³-hybridized carbons (Fsp3) is 0.353. The van der Waals surface area contributed by atoms with Crippen molar-refractivity contribution in [1.82, 2.24) is 10.2 Å². The summed E-state index contributed by atoms with van der Waals surface area (Å²) in [5.74, 6) is 0.160. The second kappa shape index (κ2) is 7.18. The first-order chi connectivity index (χ1) is 12.0. The molecule has 0 aliphatic carbocycles. The standard InChI is InChI=1S/C17H18N4O3S/c1-10(2)5-6-21-15(23)12-4-3-11(7-13(12)16(21)24)8-18-20-17-19-14(22)9-25-17/h3-4,7-8,10H,5-6,9H2,1-2H3,(H,19,20,22). The number of hydrogen-bond acceptors (Lipinski definition) is 6. The first-order valence-electron chi connectivity index (χ1n) is 7.99. The molecule has 3 rings (SSSR count). The fourth-order valence-electron chi connectivity index (χ4n) is 2.51. The third kappa shape index (κ3) is 3.79. The van der Waals surface area contributed by atoms with Crippen LogP contribution in [0.3, 0.4) is 0 Å². The van der Waals surface area contributed by atoms with Crippen LogP contribution in [0.25, 0.3) is 0 Å². The number of imide groups is 1. The first-order valence-corrected chi connectivity index (χ1v) is 8.98. The van der Waals surface area contributed by atoms with Gasteiger partial charge in [-0.25, -0.2) is 0 Å². The Hall–Kier alpha value is -2.48. The van der Waals surface area contributed by atoms with E-state index in [9.17, 15) is 14.4 Å². The lowest BCUT2D eigenvalue weighted by molar-refractivity contribution is -0.116. The van der Waals surface area contributed by atoms with E-state index in [1.165, 1.54) is 22.9 Å². The number of rotatable bonds is 5. The predicted molar refractivity (Wildman–Crippen MR) is 96.9 cm³/mol. The molecule has 2 aliphatic heterocycles. The summed E-state index contributed by atoms with van der Waals surface area (Å²) in [7, 11) is 0. The van der Waals surface area contributed by atoms with Gasteiger partial charge in [0, 0.05) is 6.54 Å². The average Bonchev–Trinajstić information content (AvgIpc) is 3.08. The van der Waals surface area contributed by atoms with Gasteiger partial charge in [-0.1, -0.05) is 31.7 Å². The van der Waals surface area contributed by atoms with Crippen LogP contribution in [0.1, 0.15) is 46.5 Å². The summed E-state index contributed by atoms with van der Waals surface area (Å²) in [5, 5.41) is 10.9. The topological polar surface area (TPSA) is 91.2 Å². The number of carbonyl (C=O) groups excluding carboxylic acids is 3. The number of fused-ring (bicyclic) bond motifs is 1. The highest BCUT2D eigenvalue weighted by molar-refractivity contribution is 8.15. The first kappa shape index (κ1) is 17.3. The largest absolute Gasteiger partial charge is 0.303 e. The predicted octanol–water partition coefficient (Wildman–Crippen LogP) is 1.88. The van der Waals surface area contributed by atoms with Crippen LogP contribution in [0, 0.1) is 5.92 Å². The summed E-state index contributed by atoms with van der Waals surface area (Å²) in [6.45, 7) is 4.54. The molecule has 0 spiro atoms. The monoisotopic (exact) mass is 358 g/mol. The Kier molecular flexibility index (Phi) is 4.98. The SMILES string of the molecule is CC(C)CCN1C(=O)c2ccc(C=NN=C3NC(=O)CS3)cc2C1=O. The lowest BCUT2D eigenvalue weighted by Gasteiger charge is -2.14. The normalized spacial score (nSPS) is 18.8. The van der Waals surface area contributed by atoms with E-state index in [1.807, 2.05) is 0 Å². The van der Waals surface area contributed by atoms with E-state index in [2.05, 4.69) is 29.4 Å². The molecule has 0 atom stereocenters. The summed E-state index contributed by atoms with van der Waals surface area (Å²) >= 11 is 1.28. The van der Waals surface area contributed by atoms with Crippen LogP contribution in [0.5, 0.6) is 0 Å². The van der Waals surface area contributed by atoms with E-state index in [-0.39, 0.29) is 17.7 Å². The fourth-order valence-corrected chi connectivity index (χ4v) is 3.14. The minimum absolute atomic E-state index is 0.0953. The van der Waals surface area contributed by atoms with Crippen molar-refractivity contribution in [2.45, 2.75) is 20.3 Å². The Balaban J connectivity index is 1.74. The summed E-state index contributed by atoms with van der Waals surface area (Å²) < 4.78 is 0. The van der Waals surface area contributed by atoms with Crippen molar-refractivity contribution in [1.29, 1.82) is 0 Å². The molecule has 1 fully saturated rings. The Labute approximate surface area is 149 Å². The van der Waals surface area contributed by atoms with Gasteiger partial charge in [0.05, 0.1) is 23.1 Å². The minimum Gasteiger partial charge on any atom is -0.303 e. The van der Waals surface area contributed by atoms with Gasteiger partial charge in [-0.3, -0.25) is 19.3 Å². The molecule has 130 valence electrons. The van der Waals surface area contributed by atoms with Crippen molar-refractivity contribution in [2.24, 2.45) is 16.1 Å². The van der Waals surface area contributed by atoms with Crippen LogP contribution in [-0.2, 0) is 4.79 Å². The molecular formula is C17H18N4O3S. The van der Waals surface area contributed by atoms with Gasteiger partial charge in [0.1, 0.15) is 0 Å². The molecule has 8 heteroatoms. The maximum atomic E-state index is 12.5. The van der Waals surface area contributed by atoms with Gasteiger partial charge in [0.15, 0.2) is 5.17 Å². The van der Waals surface area contributed by atoms with Gasteiger partial charge in [-0.15, -0.1) is 5.10 Å². The van der Waals surface area contributed by atoms with Crippen LogP contribution in [0.4, 0.5) is 0 Å². The molecule has 25 heavy (non-hydrogen) atoms. The van der Waals surface area contributed by atoms with Gasteiger partial charge in [-0.05, 0) is 30.0 Å². The third-order valence-electron chi connectivity index (χ3n) is 3.87. The summed E-state index contributed by atoms with van der Waals surface area (Å²) in [5.41, 5.74) is 1.49. The van der Waals surface area contributed by atoms with E-state index in [4.69, 9.17) is 0 Å². The van der Waals surface area contributed by atoms with Crippen LogP contribution in [0.2, 0.25) is 0 Å². The molecule has 1 aromatic rings. The number of nitrogens with zero attached hydrogens (tertiary/aromatic N) is 3. The van der Waals surface area contributed by atoms with Crippen molar-refractivity contribution in [3.63, 3.8) is 0 Å². The number of carbonyl (C=O) groups is 3. The Morgan fingerprint density at radius 1 is 1.24 bits per heavy atom. The summed E-state index contributed by atoms with van der Waals surface area (Å²) in [6, 6.07) is 5.01. The zero-order chi connectivity index (χ0) is 18.0. The smallest absolute Gasteiger partial charge is 0.261 e. The van der Waals surface area contributed by atoms with E-state index in [0.29, 0.717) is 40.1 Å². The zero-order valence-electron chi connectivity index (χ0n) is 14.0. The highest BCUT2D eigenvalue weighted by atomic mass is 32.2. The van der Waals surface area contributed by atoms with Gasteiger partial charge in [-0.2, -0.15) is 5.10 Å². The van der Waals surface area contributed by atoms with E-state index in [0.717, 1.165) is 6.42 Å². The molecule has 0 radical (unpaired) electrons. The highest BCUT2D eigenvalue weighted by Crippen LogP contribution is 2.24. The number of amidine groups is 1. The maximum absolute atomic E-state index is 12.5. The second-order valence-electron chi connectivity index (χ2n) is 6.24. The molecule has 1 N–H and O–H groups in total. The van der Waals surface area contributed by atoms with Crippen LogP contribution in [0.15, 0.2) is 28.4 Å². The molecule has 0 unspecified atom stereocenters. The molecule has 1 aromatic carbocycles. The number of nitrogens with one attached hydrogen (secondary N) is 1. The summed E-state index contributed by atoms with van der Waals surface area (Å²) in [6.07, 6.45) is 2.27. The molecule has 1 saturated heterocycles. The van der Waals surface area contributed by atoms with Crippen LogP contribution in [-0.4, -0.2) is 46.3 Å². The van der Waals surface area contributed by atoms with E-state index in [1.54, 1.807) is 18.2 Å². The van der Waals surface area contributed by atoms with E-state index < -0.39 is 0 Å². The maximum Gasteiger partial charge on any atom is 0.261 e. The van der Waals surface area contributed by atoms with Crippen LogP contribution < -0.4 is 5.32 Å². The van der Waals surface area contributed by atoms with Crippen molar-refractivity contribution < 1.29 is 14.4 Å². The number of benzene rings is 1. The minimum atomic E-state index is -0.263. The van der Waals surface area contributed by atoms with Crippen molar-refractivity contribution in [3.05, 3.63) is 34.9 Å². The van der Waals surface area contributed by atoms with Gasteiger partial charge >= 0.3 is 0 Å². The molecule has 7 nitrogen and oxygen atoms in total. The molecule has 2 aliphatic rings. The molecule has 0 bridgehead atoms. The average molecular weight is 358 g/mol. The Morgan fingerprint density at radius 3 is 2.68 bits per heavy atom. The second-order valence-corrected chi connectivity index (χ2v) is 7.20.